The van der Waals surface area contributed by atoms with Crippen molar-refractivity contribution < 1.29 is 9.53 Å². The van der Waals surface area contributed by atoms with Gasteiger partial charge in [-0.3, -0.25) is 0 Å². The van der Waals surface area contributed by atoms with E-state index in [1.54, 1.807) is 14.0 Å². The number of rotatable bonds is 2. The molecule has 0 bridgehead atoms. The monoisotopic (exact) mass is 129 g/mol. The van der Waals surface area contributed by atoms with E-state index >= 15 is 0 Å². The van der Waals surface area contributed by atoms with Crippen LogP contribution < -0.4 is 5.32 Å². The Morgan fingerprint density at radius 3 is 2.56 bits per heavy atom. The van der Waals surface area contributed by atoms with Gasteiger partial charge in [-0.25, -0.2) is 4.79 Å². The molecule has 9 heavy (non-hydrogen) atoms. The van der Waals surface area contributed by atoms with Crippen molar-refractivity contribution in [1.29, 1.82) is 0 Å². The normalized spacial score (nSPS) is 10.8. The molecule has 3 heteroatoms. The van der Waals surface area contributed by atoms with Crippen molar-refractivity contribution in [2.75, 3.05) is 14.2 Å². The molecule has 0 atom stereocenters. The predicted molar refractivity (Wildman–Crippen MR) is 34.8 cm³/mol. The second-order valence-corrected chi connectivity index (χ2v) is 1.60. The summed E-state index contributed by atoms with van der Waals surface area (Å²) in [6.07, 6.45) is 1.39. The molecule has 0 aromatic rings. The number of carbonyl (C=O) groups is 1. The zero-order valence-corrected chi connectivity index (χ0v) is 5.89. The lowest BCUT2D eigenvalue weighted by Crippen LogP contribution is -2.05. The van der Waals surface area contributed by atoms with Crippen molar-refractivity contribution in [1.82, 2.24) is 5.32 Å². The molecule has 0 unspecified atom stereocenters. The van der Waals surface area contributed by atoms with Crippen molar-refractivity contribution in [3.8, 4) is 0 Å². The topological polar surface area (TPSA) is 38.3 Å². The molecule has 0 heterocycles. The van der Waals surface area contributed by atoms with Crippen LogP contribution in [-0.2, 0) is 9.53 Å². The van der Waals surface area contributed by atoms with E-state index in [1.165, 1.54) is 13.2 Å². The Balaban J connectivity index is 3.79. The zero-order chi connectivity index (χ0) is 7.28. The third kappa shape index (κ3) is 3.58. The summed E-state index contributed by atoms with van der Waals surface area (Å²) in [5, 5.41) is 2.79. The van der Waals surface area contributed by atoms with Gasteiger partial charge in [0.2, 0.25) is 0 Å². The Labute approximate surface area is 54.7 Å². The van der Waals surface area contributed by atoms with Crippen LogP contribution in [0.4, 0.5) is 0 Å². The zero-order valence-electron chi connectivity index (χ0n) is 5.89. The molecule has 0 saturated heterocycles. The highest BCUT2D eigenvalue weighted by molar-refractivity contribution is 5.82. The van der Waals surface area contributed by atoms with Crippen LogP contribution in [0.15, 0.2) is 11.8 Å². The quantitative estimate of drug-likeness (QED) is 0.430. The summed E-state index contributed by atoms with van der Waals surface area (Å²) in [6, 6.07) is 0. The molecule has 0 fully saturated rings. The fraction of sp³-hybridized carbons (Fsp3) is 0.500. The number of nitrogens with one attached hydrogen (secondary N) is 1. The second kappa shape index (κ2) is 3.95. The minimum atomic E-state index is -0.332. The van der Waals surface area contributed by atoms with Gasteiger partial charge in [0.15, 0.2) is 0 Å². The summed E-state index contributed by atoms with van der Waals surface area (Å²) in [4.78, 5) is 10.4. The molecule has 0 rings (SSSR count). The van der Waals surface area contributed by atoms with Gasteiger partial charge >= 0.3 is 5.97 Å². The maximum absolute atomic E-state index is 10.4. The predicted octanol–water partition coefficient (Wildman–Crippen LogP) is 0.283. The molecule has 0 spiro atoms. The average Bonchev–Trinajstić information content (AvgIpc) is 1.87. The minimum absolute atomic E-state index is 0.332. The summed E-state index contributed by atoms with van der Waals surface area (Å²) in [7, 11) is 3.09. The van der Waals surface area contributed by atoms with E-state index in [4.69, 9.17) is 0 Å². The Hall–Kier alpha value is -0.990. The first-order chi connectivity index (χ1) is 4.20. The lowest BCUT2D eigenvalue weighted by atomic mass is 10.4. The number of hydrogen-bond acceptors (Lipinski definition) is 3. The highest BCUT2D eigenvalue weighted by Gasteiger charge is 1.91. The maximum atomic E-state index is 10.4. The van der Waals surface area contributed by atoms with Gasteiger partial charge in [-0.2, -0.15) is 0 Å². The van der Waals surface area contributed by atoms with E-state index in [0.29, 0.717) is 0 Å². The molecular weight excluding hydrogens is 118 g/mol. The standard InChI is InChI=1S/C6H11NO2/c1-5(7-2)4-6(8)9-3/h4,7H,1-3H3/b5-4+. The van der Waals surface area contributed by atoms with Crippen LogP contribution in [-0.4, -0.2) is 20.1 Å². The van der Waals surface area contributed by atoms with Crippen molar-refractivity contribution in [2.24, 2.45) is 0 Å². The molecule has 0 amide bonds. The summed E-state index contributed by atoms with van der Waals surface area (Å²) in [5.74, 6) is -0.332. The first-order valence-corrected chi connectivity index (χ1v) is 2.64. The second-order valence-electron chi connectivity index (χ2n) is 1.60. The summed E-state index contributed by atoms with van der Waals surface area (Å²) >= 11 is 0. The van der Waals surface area contributed by atoms with E-state index in [9.17, 15) is 4.79 Å². The fourth-order valence-electron chi connectivity index (χ4n) is 0.308. The SMILES string of the molecule is CN/C(C)=C/C(=O)OC. The van der Waals surface area contributed by atoms with Crippen LogP contribution in [0.2, 0.25) is 0 Å². The van der Waals surface area contributed by atoms with Crippen LogP contribution in [0.1, 0.15) is 6.92 Å². The summed E-state index contributed by atoms with van der Waals surface area (Å²) in [6.45, 7) is 1.79. The summed E-state index contributed by atoms with van der Waals surface area (Å²) in [5.41, 5.74) is 0.793. The molecule has 0 aromatic carbocycles. The van der Waals surface area contributed by atoms with Crippen LogP contribution in [0, 0.1) is 0 Å². The lowest BCUT2D eigenvalue weighted by Gasteiger charge is -1.95. The lowest BCUT2D eigenvalue weighted by molar-refractivity contribution is -0.134. The third-order valence-electron chi connectivity index (χ3n) is 0.930. The van der Waals surface area contributed by atoms with Crippen LogP contribution >= 0.6 is 0 Å². The molecule has 1 N–H and O–H groups in total. The largest absolute Gasteiger partial charge is 0.466 e. The van der Waals surface area contributed by atoms with Crippen LogP contribution in [0.25, 0.3) is 0 Å². The summed E-state index contributed by atoms with van der Waals surface area (Å²) < 4.78 is 4.37. The number of methoxy groups -OCH3 is 1. The van der Waals surface area contributed by atoms with Crippen molar-refractivity contribution in [3.05, 3.63) is 11.8 Å². The smallest absolute Gasteiger partial charge is 0.332 e. The molecule has 3 nitrogen and oxygen atoms in total. The van der Waals surface area contributed by atoms with Gasteiger partial charge in [-0.05, 0) is 6.92 Å². The van der Waals surface area contributed by atoms with E-state index in [2.05, 4.69) is 10.1 Å². The molecular formula is C6H11NO2. The molecule has 0 radical (unpaired) electrons. The number of ether oxygens (including phenoxy) is 1. The third-order valence-corrected chi connectivity index (χ3v) is 0.930. The average molecular weight is 129 g/mol. The highest BCUT2D eigenvalue weighted by Crippen LogP contribution is 1.84. The van der Waals surface area contributed by atoms with E-state index in [-0.39, 0.29) is 5.97 Å². The molecule has 0 saturated carbocycles. The Morgan fingerprint density at radius 1 is 1.67 bits per heavy atom. The Kier molecular flexibility index (Phi) is 3.51. The van der Waals surface area contributed by atoms with Gasteiger partial charge in [0.05, 0.1) is 7.11 Å². The number of allylic oxidation sites excluding steroid dienone is 1. The Morgan fingerprint density at radius 2 is 2.22 bits per heavy atom. The van der Waals surface area contributed by atoms with Gasteiger partial charge in [0, 0.05) is 18.8 Å². The van der Waals surface area contributed by atoms with E-state index < -0.39 is 0 Å². The number of carbonyl (C=O) groups excluding carboxylic acids is 1. The molecule has 0 aliphatic carbocycles. The minimum Gasteiger partial charge on any atom is -0.466 e. The molecule has 52 valence electrons. The fourth-order valence-corrected chi connectivity index (χ4v) is 0.308. The van der Waals surface area contributed by atoms with Gasteiger partial charge in [0.25, 0.3) is 0 Å². The molecule has 0 aliphatic heterocycles. The van der Waals surface area contributed by atoms with Crippen molar-refractivity contribution in [3.63, 3.8) is 0 Å². The first-order valence-electron chi connectivity index (χ1n) is 2.64. The van der Waals surface area contributed by atoms with Gasteiger partial charge in [0.1, 0.15) is 0 Å². The van der Waals surface area contributed by atoms with Gasteiger partial charge in [-0.15, -0.1) is 0 Å². The number of hydrogen-bond donors (Lipinski definition) is 1. The van der Waals surface area contributed by atoms with Gasteiger partial charge < -0.3 is 10.1 Å². The molecule has 0 aliphatic rings. The Bertz CT molecular complexity index is 129. The van der Waals surface area contributed by atoms with Crippen LogP contribution in [0.5, 0.6) is 0 Å². The van der Waals surface area contributed by atoms with Crippen LogP contribution in [0.3, 0.4) is 0 Å². The molecule has 0 aromatic heterocycles. The first kappa shape index (κ1) is 8.01. The van der Waals surface area contributed by atoms with E-state index in [1.807, 2.05) is 0 Å². The number of esters is 1. The van der Waals surface area contributed by atoms with Crippen molar-refractivity contribution in [2.45, 2.75) is 6.92 Å². The maximum Gasteiger partial charge on any atom is 0.332 e. The van der Waals surface area contributed by atoms with E-state index in [0.717, 1.165) is 5.70 Å². The highest BCUT2D eigenvalue weighted by atomic mass is 16.5. The van der Waals surface area contributed by atoms with Gasteiger partial charge in [-0.1, -0.05) is 0 Å². The van der Waals surface area contributed by atoms with Crippen molar-refractivity contribution >= 4 is 5.97 Å².